The van der Waals surface area contributed by atoms with Gasteiger partial charge < -0.3 is 19.5 Å². The molecule has 22 heavy (non-hydrogen) atoms. The van der Waals surface area contributed by atoms with Crippen LogP contribution in [0.3, 0.4) is 0 Å². The third-order valence-electron chi connectivity index (χ3n) is 2.93. The maximum Gasteiger partial charge on any atom is 0.307 e. The van der Waals surface area contributed by atoms with Crippen molar-refractivity contribution in [1.82, 2.24) is 4.90 Å². The number of ether oxygens (including phenoxy) is 2. The van der Waals surface area contributed by atoms with Gasteiger partial charge in [0.2, 0.25) is 0 Å². The maximum absolute atomic E-state index is 12.4. The van der Waals surface area contributed by atoms with Crippen molar-refractivity contribution in [3.05, 3.63) is 34.9 Å². The van der Waals surface area contributed by atoms with Crippen LogP contribution in [0.4, 0.5) is 0 Å². The highest BCUT2D eigenvalue weighted by atomic mass is 35.5. The first-order valence-electron chi connectivity index (χ1n) is 6.88. The van der Waals surface area contributed by atoms with Gasteiger partial charge in [-0.25, -0.2) is 0 Å². The second kappa shape index (κ2) is 10.2. The molecular weight excluding hydrogens is 310 g/mol. The summed E-state index contributed by atoms with van der Waals surface area (Å²) in [5.41, 5.74) is 0.483. The quantitative estimate of drug-likeness (QED) is 0.547. The first-order valence-corrected chi connectivity index (χ1v) is 7.26. The zero-order valence-electron chi connectivity index (χ0n) is 12.5. The molecule has 0 saturated carbocycles. The molecular formula is C15H20ClNO5. The van der Waals surface area contributed by atoms with Gasteiger partial charge in [-0.2, -0.15) is 0 Å². The van der Waals surface area contributed by atoms with Crippen LogP contribution in [0, 0.1) is 0 Å². The smallest absolute Gasteiger partial charge is 0.307 e. The zero-order valence-corrected chi connectivity index (χ0v) is 13.2. The fourth-order valence-electron chi connectivity index (χ4n) is 1.76. The normalized spacial score (nSPS) is 10.3. The predicted octanol–water partition coefficient (Wildman–Crippen LogP) is 1.35. The minimum Gasteiger partial charge on any atom is -0.469 e. The second-order valence-corrected chi connectivity index (χ2v) is 4.90. The Morgan fingerprint density at radius 2 is 1.86 bits per heavy atom. The van der Waals surface area contributed by atoms with Crippen molar-refractivity contribution in [1.29, 1.82) is 0 Å². The minimum atomic E-state index is -0.384. The molecule has 0 aliphatic rings. The van der Waals surface area contributed by atoms with Gasteiger partial charge in [0.05, 0.1) is 33.4 Å². The number of amides is 1. The van der Waals surface area contributed by atoms with E-state index in [0.717, 1.165) is 0 Å². The largest absolute Gasteiger partial charge is 0.469 e. The van der Waals surface area contributed by atoms with Crippen molar-refractivity contribution < 1.29 is 24.2 Å². The standard InChI is InChI=1S/C15H20ClNO5/c1-21-14(19)6-7-17(8-10-22-11-9-18)15(20)12-2-4-13(16)5-3-12/h2-5,18H,6-11H2,1H3. The molecule has 1 N–H and O–H groups in total. The number of halogens is 1. The summed E-state index contributed by atoms with van der Waals surface area (Å²) in [6, 6.07) is 6.53. The molecule has 0 unspecified atom stereocenters. The van der Waals surface area contributed by atoms with Crippen LogP contribution in [-0.2, 0) is 14.3 Å². The lowest BCUT2D eigenvalue weighted by molar-refractivity contribution is -0.140. The van der Waals surface area contributed by atoms with Crippen LogP contribution in [-0.4, -0.2) is 61.9 Å². The number of hydrogen-bond donors (Lipinski definition) is 1. The van der Waals surface area contributed by atoms with E-state index in [1.807, 2.05) is 0 Å². The number of aliphatic hydroxyl groups is 1. The molecule has 1 rings (SSSR count). The lowest BCUT2D eigenvalue weighted by Gasteiger charge is -2.22. The summed E-state index contributed by atoms with van der Waals surface area (Å²) < 4.78 is 9.76. The lowest BCUT2D eigenvalue weighted by Crippen LogP contribution is -2.36. The molecule has 1 amide bonds. The van der Waals surface area contributed by atoms with Gasteiger partial charge in [-0.1, -0.05) is 11.6 Å². The van der Waals surface area contributed by atoms with Crippen molar-refractivity contribution >= 4 is 23.5 Å². The maximum atomic E-state index is 12.4. The topological polar surface area (TPSA) is 76.1 Å². The summed E-state index contributed by atoms with van der Waals surface area (Å²) in [5.74, 6) is -0.599. The van der Waals surface area contributed by atoms with Gasteiger partial charge in [0.15, 0.2) is 0 Å². The van der Waals surface area contributed by atoms with Crippen molar-refractivity contribution in [2.24, 2.45) is 0 Å². The summed E-state index contributed by atoms with van der Waals surface area (Å²) in [6.45, 7) is 0.962. The van der Waals surface area contributed by atoms with Crippen LogP contribution >= 0.6 is 11.6 Å². The van der Waals surface area contributed by atoms with Gasteiger partial charge in [0, 0.05) is 23.7 Å². The third-order valence-corrected chi connectivity index (χ3v) is 3.19. The molecule has 0 spiro atoms. The van der Waals surface area contributed by atoms with Gasteiger partial charge in [-0.05, 0) is 24.3 Å². The van der Waals surface area contributed by atoms with Crippen molar-refractivity contribution in [2.75, 3.05) is 40.0 Å². The van der Waals surface area contributed by atoms with Crippen molar-refractivity contribution in [3.8, 4) is 0 Å². The van der Waals surface area contributed by atoms with E-state index in [2.05, 4.69) is 4.74 Å². The number of hydrogen-bond acceptors (Lipinski definition) is 5. The molecule has 1 aromatic rings. The van der Waals surface area contributed by atoms with E-state index in [9.17, 15) is 9.59 Å². The Balaban J connectivity index is 2.67. The Kier molecular flexibility index (Phi) is 8.50. The number of benzene rings is 1. The molecule has 0 aromatic heterocycles. The Morgan fingerprint density at radius 3 is 2.45 bits per heavy atom. The average molecular weight is 330 g/mol. The zero-order chi connectivity index (χ0) is 16.4. The number of aliphatic hydroxyl groups excluding tert-OH is 1. The minimum absolute atomic E-state index is 0.0761. The first kappa shape index (κ1) is 18.4. The van der Waals surface area contributed by atoms with E-state index in [0.29, 0.717) is 17.1 Å². The molecule has 7 heteroatoms. The van der Waals surface area contributed by atoms with Gasteiger partial charge >= 0.3 is 5.97 Å². The van der Waals surface area contributed by atoms with Gasteiger partial charge in [0.25, 0.3) is 5.91 Å². The van der Waals surface area contributed by atoms with Crippen LogP contribution in [0.5, 0.6) is 0 Å². The van der Waals surface area contributed by atoms with Gasteiger partial charge in [0.1, 0.15) is 0 Å². The van der Waals surface area contributed by atoms with Gasteiger partial charge in [-0.15, -0.1) is 0 Å². The Hall–Kier alpha value is -1.63. The molecule has 0 fully saturated rings. The Morgan fingerprint density at radius 1 is 1.18 bits per heavy atom. The highest BCUT2D eigenvalue weighted by Gasteiger charge is 2.17. The second-order valence-electron chi connectivity index (χ2n) is 4.46. The predicted molar refractivity (Wildman–Crippen MR) is 81.9 cm³/mol. The third kappa shape index (κ3) is 6.43. The van der Waals surface area contributed by atoms with E-state index in [1.54, 1.807) is 24.3 Å². The summed E-state index contributed by atoms with van der Waals surface area (Å²) in [4.78, 5) is 25.2. The number of carbonyl (C=O) groups is 2. The summed E-state index contributed by atoms with van der Waals surface area (Å²) in [7, 11) is 1.30. The van der Waals surface area contributed by atoms with Crippen molar-refractivity contribution in [3.63, 3.8) is 0 Å². The lowest BCUT2D eigenvalue weighted by atomic mass is 10.2. The SMILES string of the molecule is COC(=O)CCN(CCOCCO)C(=O)c1ccc(Cl)cc1. The van der Waals surface area contributed by atoms with E-state index in [4.69, 9.17) is 21.4 Å². The molecule has 0 atom stereocenters. The summed E-state index contributed by atoms with van der Waals surface area (Å²) >= 11 is 5.81. The Labute approximate surface area is 134 Å². The Bertz CT molecular complexity index is 477. The van der Waals surface area contributed by atoms with Crippen LogP contribution in [0.25, 0.3) is 0 Å². The molecule has 1 aromatic carbocycles. The number of carbonyl (C=O) groups excluding carboxylic acids is 2. The molecule has 122 valence electrons. The monoisotopic (exact) mass is 329 g/mol. The van der Waals surface area contributed by atoms with E-state index in [-0.39, 0.29) is 44.7 Å². The number of methoxy groups -OCH3 is 1. The highest BCUT2D eigenvalue weighted by molar-refractivity contribution is 6.30. The molecule has 0 bridgehead atoms. The number of rotatable bonds is 9. The van der Waals surface area contributed by atoms with E-state index < -0.39 is 0 Å². The summed E-state index contributed by atoms with van der Waals surface area (Å²) in [6.07, 6.45) is 0.107. The fourth-order valence-corrected chi connectivity index (χ4v) is 1.89. The van der Waals surface area contributed by atoms with Crippen LogP contribution in [0.1, 0.15) is 16.8 Å². The molecule has 0 radical (unpaired) electrons. The van der Waals surface area contributed by atoms with Gasteiger partial charge in [-0.3, -0.25) is 9.59 Å². The summed E-state index contributed by atoms with van der Waals surface area (Å²) in [5, 5.41) is 9.22. The average Bonchev–Trinajstić information content (AvgIpc) is 2.54. The number of nitrogens with zero attached hydrogens (tertiary/aromatic N) is 1. The van der Waals surface area contributed by atoms with Crippen LogP contribution in [0.15, 0.2) is 24.3 Å². The van der Waals surface area contributed by atoms with Crippen molar-refractivity contribution in [2.45, 2.75) is 6.42 Å². The van der Waals surface area contributed by atoms with E-state index in [1.165, 1.54) is 12.0 Å². The van der Waals surface area contributed by atoms with Crippen LogP contribution in [0.2, 0.25) is 5.02 Å². The number of esters is 1. The molecule has 0 aliphatic carbocycles. The molecule has 0 saturated heterocycles. The first-order chi connectivity index (χ1) is 10.6. The fraction of sp³-hybridized carbons (Fsp3) is 0.467. The highest BCUT2D eigenvalue weighted by Crippen LogP contribution is 2.12. The molecule has 6 nitrogen and oxygen atoms in total. The van der Waals surface area contributed by atoms with Crippen LogP contribution < -0.4 is 0 Å². The molecule has 0 heterocycles. The molecule has 0 aliphatic heterocycles. The van der Waals surface area contributed by atoms with E-state index >= 15 is 0 Å².